The molecule has 0 spiro atoms. The van der Waals surface area contributed by atoms with Crippen molar-refractivity contribution in [1.82, 2.24) is 5.43 Å². The molecular formula is C13H18N2O4. The minimum absolute atomic E-state index is 0.210. The van der Waals surface area contributed by atoms with Crippen molar-refractivity contribution in [3.05, 3.63) is 17.7 Å². The normalized spacial score (nSPS) is 15.6. The Balaban J connectivity index is 2.53. The summed E-state index contributed by atoms with van der Waals surface area (Å²) in [6.45, 7) is 0. The molecule has 1 aromatic carbocycles. The van der Waals surface area contributed by atoms with Gasteiger partial charge in [0, 0.05) is 11.6 Å². The summed E-state index contributed by atoms with van der Waals surface area (Å²) in [6, 6.07) is 3.50. The number of ether oxygens (including phenoxy) is 3. The van der Waals surface area contributed by atoms with Crippen LogP contribution >= 0.6 is 0 Å². The number of methoxy groups -OCH3 is 3. The van der Waals surface area contributed by atoms with Crippen molar-refractivity contribution in [3.8, 4) is 17.2 Å². The summed E-state index contributed by atoms with van der Waals surface area (Å²) in [5.41, 5.74) is 2.38. The molecule has 6 nitrogen and oxygen atoms in total. The first-order valence-electron chi connectivity index (χ1n) is 5.94. The Morgan fingerprint density at radius 2 is 1.63 bits per heavy atom. The van der Waals surface area contributed by atoms with Crippen LogP contribution in [0, 0.1) is 0 Å². The number of hydrazine groups is 1. The van der Waals surface area contributed by atoms with Gasteiger partial charge in [0.05, 0.1) is 26.7 Å². The van der Waals surface area contributed by atoms with Gasteiger partial charge in [-0.25, -0.2) is 5.84 Å². The lowest BCUT2D eigenvalue weighted by Crippen LogP contribution is -2.39. The lowest BCUT2D eigenvalue weighted by Gasteiger charge is -2.19. The van der Waals surface area contributed by atoms with E-state index in [2.05, 4.69) is 5.43 Å². The molecule has 0 radical (unpaired) electrons. The maximum Gasteiger partial charge on any atom is 0.244 e. The second-order valence-corrected chi connectivity index (χ2v) is 4.46. The number of carbonyl (C=O) groups excluding carboxylic acids is 1. The van der Waals surface area contributed by atoms with Crippen LogP contribution in [0.4, 0.5) is 0 Å². The van der Waals surface area contributed by atoms with Gasteiger partial charge in [0.2, 0.25) is 5.91 Å². The van der Waals surface area contributed by atoms with Gasteiger partial charge >= 0.3 is 0 Å². The van der Waals surface area contributed by atoms with Crippen LogP contribution in [0.3, 0.4) is 0 Å². The van der Waals surface area contributed by atoms with Crippen molar-refractivity contribution in [2.75, 3.05) is 21.3 Å². The van der Waals surface area contributed by atoms with E-state index in [0.717, 1.165) is 18.4 Å². The largest absolute Gasteiger partial charge is 0.496 e. The van der Waals surface area contributed by atoms with E-state index in [9.17, 15) is 4.79 Å². The molecule has 0 unspecified atom stereocenters. The third-order valence-corrected chi connectivity index (χ3v) is 3.54. The molecule has 1 amide bonds. The van der Waals surface area contributed by atoms with Gasteiger partial charge < -0.3 is 14.2 Å². The molecule has 3 N–H and O–H groups in total. The Morgan fingerprint density at radius 3 is 2.05 bits per heavy atom. The third kappa shape index (κ3) is 2.08. The van der Waals surface area contributed by atoms with E-state index in [4.69, 9.17) is 20.1 Å². The second-order valence-electron chi connectivity index (χ2n) is 4.46. The molecule has 0 heterocycles. The minimum Gasteiger partial charge on any atom is -0.496 e. The third-order valence-electron chi connectivity index (χ3n) is 3.54. The Kier molecular flexibility index (Phi) is 3.53. The van der Waals surface area contributed by atoms with Crippen molar-refractivity contribution < 1.29 is 19.0 Å². The number of hydrogen-bond donors (Lipinski definition) is 2. The maximum absolute atomic E-state index is 12.0. The fourth-order valence-corrected chi connectivity index (χ4v) is 2.29. The van der Waals surface area contributed by atoms with Gasteiger partial charge in [0.25, 0.3) is 0 Å². The molecule has 1 aliphatic carbocycles. The Hall–Kier alpha value is -1.95. The Morgan fingerprint density at radius 1 is 1.11 bits per heavy atom. The summed E-state index contributed by atoms with van der Waals surface area (Å²) in [7, 11) is 4.66. The number of benzene rings is 1. The summed E-state index contributed by atoms with van der Waals surface area (Å²) in [4.78, 5) is 12.0. The highest BCUT2D eigenvalue weighted by molar-refractivity contribution is 5.92. The molecule has 6 heteroatoms. The van der Waals surface area contributed by atoms with Crippen LogP contribution in [0.1, 0.15) is 18.4 Å². The smallest absolute Gasteiger partial charge is 0.244 e. The Labute approximate surface area is 111 Å². The minimum atomic E-state index is -0.611. The highest BCUT2D eigenvalue weighted by Crippen LogP contribution is 2.53. The van der Waals surface area contributed by atoms with E-state index in [-0.39, 0.29) is 5.91 Å². The molecule has 0 atom stereocenters. The fourth-order valence-electron chi connectivity index (χ4n) is 2.29. The van der Waals surface area contributed by atoms with Gasteiger partial charge in [-0.2, -0.15) is 0 Å². The lowest BCUT2D eigenvalue weighted by molar-refractivity contribution is -0.123. The second kappa shape index (κ2) is 4.97. The predicted octanol–water partition coefficient (Wildman–Crippen LogP) is 0.734. The molecule has 0 aliphatic heterocycles. The molecule has 1 fully saturated rings. The van der Waals surface area contributed by atoms with Gasteiger partial charge in [-0.3, -0.25) is 10.2 Å². The van der Waals surface area contributed by atoms with Crippen molar-refractivity contribution in [1.29, 1.82) is 0 Å². The van der Waals surface area contributed by atoms with Gasteiger partial charge in [-0.05, 0) is 18.9 Å². The summed E-state index contributed by atoms with van der Waals surface area (Å²) in [6.07, 6.45) is 1.48. The van der Waals surface area contributed by atoms with Crippen LogP contribution in [0.15, 0.2) is 12.1 Å². The SMILES string of the molecule is COc1cc(OC)c(C2(C(=O)NN)CC2)cc1OC. The summed E-state index contributed by atoms with van der Waals surface area (Å²) in [5.74, 6) is 6.77. The van der Waals surface area contributed by atoms with E-state index >= 15 is 0 Å². The van der Waals surface area contributed by atoms with Crippen LogP contribution in [-0.2, 0) is 10.2 Å². The number of amides is 1. The Bertz CT molecular complexity index is 498. The molecule has 1 aliphatic rings. The molecule has 0 aromatic heterocycles. The predicted molar refractivity (Wildman–Crippen MR) is 69.3 cm³/mol. The van der Waals surface area contributed by atoms with Crippen LogP contribution in [0.25, 0.3) is 0 Å². The average Bonchev–Trinajstić information content (AvgIpc) is 3.26. The number of nitrogens with two attached hydrogens (primary N) is 1. The topological polar surface area (TPSA) is 82.8 Å². The van der Waals surface area contributed by atoms with Crippen molar-refractivity contribution in [3.63, 3.8) is 0 Å². The summed E-state index contributed by atoms with van der Waals surface area (Å²) >= 11 is 0. The molecule has 0 saturated heterocycles. The van der Waals surface area contributed by atoms with Crippen molar-refractivity contribution >= 4 is 5.91 Å². The van der Waals surface area contributed by atoms with Gasteiger partial charge in [-0.15, -0.1) is 0 Å². The first kappa shape index (κ1) is 13.5. The van der Waals surface area contributed by atoms with E-state index in [1.165, 1.54) is 0 Å². The monoisotopic (exact) mass is 266 g/mol. The first-order valence-corrected chi connectivity index (χ1v) is 5.94. The summed E-state index contributed by atoms with van der Waals surface area (Å²) in [5, 5.41) is 0. The molecule has 1 aromatic rings. The maximum atomic E-state index is 12.0. The zero-order valence-corrected chi connectivity index (χ0v) is 11.3. The average molecular weight is 266 g/mol. The number of carbonyl (C=O) groups is 1. The highest BCUT2D eigenvalue weighted by atomic mass is 16.5. The molecular weight excluding hydrogens is 248 g/mol. The summed E-state index contributed by atoms with van der Waals surface area (Å²) < 4.78 is 15.8. The van der Waals surface area contributed by atoms with E-state index in [0.29, 0.717) is 17.2 Å². The molecule has 1 saturated carbocycles. The van der Waals surface area contributed by atoms with E-state index in [1.807, 2.05) is 0 Å². The van der Waals surface area contributed by atoms with Crippen molar-refractivity contribution in [2.45, 2.75) is 18.3 Å². The van der Waals surface area contributed by atoms with Crippen LogP contribution in [0.5, 0.6) is 17.2 Å². The number of nitrogens with one attached hydrogen (secondary N) is 1. The van der Waals surface area contributed by atoms with Gasteiger partial charge in [-0.1, -0.05) is 0 Å². The quantitative estimate of drug-likeness (QED) is 0.466. The fraction of sp³-hybridized carbons (Fsp3) is 0.462. The van der Waals surface area contributed by atoms with Gasteiger partial charge in [0.15, 0.2) is 11.5 Å². The van der Waals surface area contributed by atoms with Crippen LogP contribution < -0.4 is 25.5 Å². The van der Waals surface area contributed by atoms with Crippen LogP contribution in [0.2, 0.25) is 0 Å². The lowest BCUT2D eigenvalue weighted by atomic mass is 9.93. The van der Waals surface area contributed by atoms with Crippen LogP contribution in [-0.4, -0.2) is 27.2 Å². The molecule has 19 heavy (non-hydrogen) atoms. The number of rotatable bonds is 5. The molecule has 0 bridgehead atoms. The van der Waals surface area contributed by atoms with E-state index in [1.54, 1.807) is 33.5 Å². The highest BCUT2D eigenvalue weighted by Gasteiger charge is 2.53. The number of hydrogen-bond acceptors (Lipinski definition) is 5. The van der Waals surface area contributed by atoms with Gasteiger partial charge in [0.1, 0.15) is 5.75 Å². The van der Waals surface area contributed by atoms with E-state index < -0.39 is 5.41 Å². The standard InChI is InChI=1S/C13H18N2O4/c1-17-9-7-11(19-3)10(18-2)6-8(9)13(4-5-13)12(16)15-14/h6-7H,4-5,14H2,1-3H3,(H,15,16). The zero-order chi connectivity index (χ0) is 14.0. The molecule has 2 rings (SSSR count). The zero-order valence-electron chi connectivity index (χ0n) is 11.3. The molecule has 104 valence electrons. The van der Waals surface area contributed by atoms with Crippen molar-refractivity contribution in [2.24, 2.45) is 5.84 Å². The first-order chi connectivity index (χ1) is 9.12.